The molecule has 0 saturated heterocycles. The number of carbonyl (C=O) groups excluding carboxylic acids is 3. The maximum absolute atomic E-state index is 13.2. The van der Waals surface area contributed by atoms with Crippen molar-refractivity contribution < 1.29 is 14.4 Å². The zero-order valence-corrected chi connectivity index (χ0v) is 22.0. The normalized spacial score (nSPS) is 12.5. The fourth-order valence-electron chi connectivity index (χ4n) is 4.31. The molecule has 6 nitrogen and oxygen atoms in total. The van der Waals surface area contributed by atoms with Gasteiger partial charge in [-0.25, -0.2) is 0 Å². The van der Waals surface area contributed by atoms with E-state index >= 15 is 0 Å². The molecule has 7 heteroatoms. The zero-order chi connectivity index (χ0) is 27.0. The summed E-state index contributed by atoms with van der Waals surface area (Å²) in [6, 6.07) is 33.4. The van der Waals surface area contributed by atoms with E-state index in [2.05, 4.69) is 16.7 Å². The Labute approximate surface area is 231 Å². The van der Waals surface area contributed by atoms with Gasteiger partial charge in [0.05, 0.1) is 5.75 Å². The number of carbonyl (C=O) groups is 3. The topological polar surface area (TPSA) is 78.5 Å². The summed E-state index contributed by atoms with van der Waals surface area (Å²) in [7, 11) is 0. The van der Waals surface area contributed by atoms with E-state index in [9.17, 15) is 14.4 Å². The fraction of sp³-hybridized carbons (Fsp3) is 0.0938. The minimum atomic E-state index is -0.439. The molecule has 4 aromatic carbocycles. The van der Waals surface area contributed by atoms with Crippen LogP contribution in [0.4, 0.5) is 11.4 Å². The lowest BCUT2D eigenvalue weighted by Crippen LogP contribution is -2.30. The van der Waals surface area contributed by atoms with Crippen LogP contribution < -0.4 is 15.5 Å². The molecule has 5 rings (SSSR count). The molecule has 0 fully saturated rings. The number of thioether (sulfide) groups is 1. The molecular weight excluding hydrogens is 506 g/mol. The smallest absolute Gasteiger partial charge is 0.272 e. The molecule has 0 aliphatic carbocycles. The predicted octanol–water partition coefficient (Wildman–Crippen LogP) is 5.78. The highest BCUT2D eigenvalue weighted by atomic mass is 32.2. The third-order valence-corrected chi connectivity index (χ3v) is 7.30. The van der Waals surface area contributed by atoms with Gasteiger partial charge in [-0.2, -0.15) is 0 Å². The van der Waals surface area contributed by atoms with Gasteiger partial charge in [-0.3, -0.25) is 14.4 Å². The molecule has 3 amide bonds. The molecule has 4 aromatic rings. The van der Waals surface area contributed by atoms with Gasteiger partial charge in [-0.05, 0) is 66.1 Å². The van der Waals surface area contributed by atoms with Crippen LogP contribution in [-0.4, -0.2) is 30.0 Å². The Kier molecular flexibility index (Phi) is 8.19. The van der Waals surface area contributed by atoms with Crippen LogP contribution >= 0.6 is 11.8 Å². The van der Waals surface area contributed by atoms with Crippen molar-refractivity contribution in [1.29, 1.82) is 0 Å². The van der Waals surface area contributed by atoms with E-state index in [0.29, 0.717) is 23.5 Å². The Morgan fingerprint density at radius 1 is 0.795 bits per heavy atom. The lowest BCUT2D eigenvalue weighted by Gasteiger charge is -2.17. The molecule has 39 heavy (non-hydrogen) atoms. The first-order valence-corrected chi connectivity index (χ1v) is 13.6. The summed E-state index contributed by atoms with van der Waals surface area (Å²) in [4.78, 5) is 41.5. The van der Waals surface area contributed by atoms with Crippen molar-refractivity contribution in [3.63, 3.8) is 0 Å². The van der Waals surface area contributed by atoms with Crippen LogP contribution in [0, 0.1) is 0 Å². The Hall–Kier alpha value is -4.62. The third kappa shape index (κ3) is 6.64. The molecule has 2 N–H and O–H groups in total. The molecule has 0 spiro atoms. The Morgan fingerprint density at radius 2 is 1.46 bits per heavy atom. The van der Waals surface area contributed by atoms with E-state index in [-0.39, 0.29) is 17.5 Å². The quantitative estimate of drug-likeness (QED) is 0.222. The van der Waals surface area contributed by atoms with Gasteiger partial charge in [0.2, 0.25) is 5.91 Å². The molecule has 0 aromatic heterocycles. The lowest BCUT2D eigenvalue weighted by molar-refractivity contribution is -0.116. The molecule has 0 atom stereocenters. The molecule has 0 radical (unpaired) electrons. The molecule has 1 aliphatic heterocycles. The lowest BCUT2D eigenvalue weighted by atomic mass is 10.1. The van der Waals surface area contributed by atoms with Crippen molar-refractivity contribution >= 4 is 46.9 Å². The Bertz CT molecular complexity index is 1500. The van der Waals surface area contributed by atoms with E-state index in [1.165, 1.54) is 17.3 Å². The van der Waals surface area contributed by atoms with Crippen LogP contribution in [0.1, 0.15) is 21.5 Å². The number of anilines is 2. The second kappa shape index (κ2) is 12.3. The van der Waals surface area contributed by atoms with E-state index in [1.54, 1.807) is 42.5 Å². The maximum Gasteiger partial charge on any atom is 0.272 e. The van der Waals surface area contributed by atoms with Gasteiger partial charge in [0.15, 0.2) is 0 Å². The standard InChI is InChI=1S/C32H27N3O3S/c36-30(35-20-19-24-11-7-8-14-29(24)35)22-39-27-17-15-26(16-18-27)33-32(38)28(21-23-9-3-1-4-10-23)34-31(37)25-12-5-2-6-13-25/h1-18,21H,19-20,22H2,(H,33,38)(H,34,37). The van der Waals surface area contributed by atoms with Gasteiger partial charge >= 0.3 is 0 Å². The van der Waals surface area contributed by atoms with Crippen molar-refractivity contribution in [1.82, 2.24) is 5.32 Å². The first-order valence-electron chi connectivity index (χ1n) is 12.6. The Balaban J connectivity index is 1.22. The fourth-order valence-corrected chi connectivity index (χ4v) is 5.09. The SMILES string of the molecule is O=C(Nc1ccc(SCC(=O)N2CCc3ccccc32)cc1)C(=Cc1ccccc1)NC(=O)c1ccccc1. The average Bonchev–Trinajstić information content (AvgIpc) is 3.42. The zero-order valence-electron chi connectivity index (χ0n) is 21.2. The summed E-state index contributed by atoms with van der Waals surface area (Å²) in [5, 5.41) is 5.60. The number of amides is 3. The predicted molar refractivity (Wildman–Crippen MR) is 157 cm³/mol. The van der Waals surface area contributed by atoms with Gasteiger partial charge in [-0.15, -0.1) is 11.8 Å². The van der Waals surface area contributed by atoms with E-state index in [1.807, 2.05) is 71.6 Å². The summed E-state index contributed by atoms with van der Waals surface area (Å²) >= 11 is 1.46. The molecule has 1 heterocycles. The number of para-hydroxylation sites is 1. The summed E-state index contributed by atoms with van der Waals surface area (Å²) in [6.45, 7) is 0.712. The highest BCUT2D eigenvalue weighted by Gasteiger charge is 2.24. The van der Waals surface area contributed by atoms with Crippen molar-refractivity contribution in [2.24, 2.45) is 0 Å². The largest absolute Gasteiger partial charge is 0.321 e. The molecule has 0 saturated carbocycles. The first-order chi connectivity index (χ1) is 19.1. The molecule has 0 bridgehead atoms. The average molecular weight is 534 g/mol. The van der Waals surface area contributed by atoms with Crippen molar-refractivity contribution in [3.8, 4) is 0 Å². The van der Waals surface area contributed by atoms with Gasteiger partial charge < -0.3 is 15.5 Å². The summed E-state index contributed by atoms with van der Waals surface area (Å²) in [5.74, 6) is -0.404. The summed E-state index contributed by atoms with van der Waals surface area (Å²) in [5.41, 5.74) is 4.16. The summed E-state index contributed by atoms with van der Waals surface area (Å²) < 4.78 is 0. The van der Waals surface area contributed by atoms with Gasteiger partial charge in [0.25, 0.3) is 11.8 Å². The Morgan fingerprint density at radius 3 is 2.21 bits per heavy atom. The number of fused-ring (bicyclic) bond motifs is 1. The number of nitrogens with zero attached hydrogens (tertiary/aromatic N) is 1. The van der Waals surface area contributed by atoms with E-state index in [0.717, 1.165) is 22.6 Å². The van der Waals surface area contributed by atoms with Crippen LogP contribution in [0.2, 0.25) is 0 Å². The highest BCUT2D eigenvalue weighted by molar-refractivity contribution is 8.00. The highest BCUT2D eigenvalue weighted by Crippen LogP contribution is 2.29. The monoisotopic (exact) mass is 533 g/mol. The van der Waals surface area contributed by atoms with Gasteiger partial charge in [0.1, 0.15) is 5.70 Å². The molecule has 194 valence electrons. The molecule has 0 unspecified atom stereocenters. The van der Waals surface area contributed by atoms with Crippen molar-refractivity contribution in [2.45, 2.75) is 11.3 Å². The van der Waals surface area contributed by atoms with Crippen molar-refractivity contribution in [2.75, 3.05) is 22.5 Å². The van der Waals surface area contributed by atoms with E-state index < -0.39 is 5.91 Å². The third-order valence-electron chi connectivity index (χ3n) is 6.30. The molecule has 1 aliphatic rings. The van der Waals surface area contributed by atoms with Crippen LogP contribution in [-0.2, 0) is 16.0 Å². The minimum absolute atomic E-state index is 0.0761. The maximum atomic E-state index is 13.2. The van der Waals surface area contributed by atoms with Crippen LogP contribution in [0.5, 0.6) is 0 Å². The van der Waals surface area contributed by atoms with E-state index in [4.69, 9.17) is 0 Å². The van der Waals surface area contributed by atoms with Crippen molar-refractivity contribution in [3.05, 3.63) is 132 Å². The van der Waals surface area contributed by atoms with Crippen LogP contribution in [0.25, 0.3) is 6.08 Å². The molecular formula is C32H27N3O3S. The van der Waals surface area contributed by atoms with Gasteiger partial charge in [0, 0.05) is 28.4 Å². The number of rotatable bonds is 8. The number of hydrogen-bond acceptors (Lipinski definition) is 4. The summed E-state index contributed by atoms with van der Waals surface area (Å²) in [6.07, 6.45) is 2.52. The minimum Gasteiger partial charge on any atom is -0.321 e. The second-order valence-electron chi connectivity index (χ2n) is 8.98. The second-order valence-corrected chi connectivity index (χ2v) is 10.0. The first kappa shape index (κ1) is 26.0. The number of benzene rings is 4. The van der Waals surface area contributed by atoms with Gasteiger partial charge in [-0.1, -0.05) is 66.7 Å². The number of nitrogens with one attached hydrogen (secondary N) is 2. The number of hydrogen-bond donors (Lipinski definition) is 2. The van der Waals surface area contributed by atoms with Crippen LogP contribution in [0.15, 0.2) is 120 Å². The van der Waals surface area contributed by atoms with Crippen LogP contribution in [0.3, 0.4) is 0 Å².